The van der Waals surface area contributed by atoms with Crippen LogP contribution in [0.2, 0.25) is 0 Å². The highest BCUT2D eigenvalue weighted by atomic mass is 32.1. The van der Waals surface area contributed by atoms with Crippen LogP contribution in [-0.4, -0.2) is 18.0 Å². The molecule has 19 heavy (non-hydrogen) atoms. The number of nitrogens with two attached hydrogens (primary N) is 1. The van der Waals surface area contributed by atoms with Crippen molar-refractivity contribution in [3.63, 3.8) is 0 Å². The number of aryl methyl sites for hydroxylation is 2. The topological polar surface area (TPSA) is 77.2 Å². The average molecular weight is 277 g/mol. The Kier molecular flexibility index (Phi) is 3.71. The van der Waals surface area contributed by atoms with Crippen LogP contribution < -0.4 is 15.8 Å². The predicted octanol–water partition coefficient (Wildman–Crippen LogP) is 2.60. The number of ether oxygens (including phenoxy) is 1. The summed E-state index contributed by atoms with van der Waals surface area (Å²) in [6.45, 7) is 3.67. The quantitative estimate of drug-likeness (QED) is 0.904. The molecule has 1 heterocycles. The summed E-state index contributed by atoms with van der Waals surface area (Å²) < 4.78 is 5.25. The van der Waals surface area contributed by atoms with Crippen molar-refractivity contribution in [1.82, 2.24) is 4.98 Å². The molecule has 0 unspecified atom stereocenters. The van der Waals surface area contributed by atoms with Crippen LogP contribution in [0, 0.1) is 13.8 Å². The van der Waals surface area contributed by atoms with E-state index in [0.29, 0.717) is 27.1 Å². The largest absolute Gasteiger partial charge is 0.495 e. The molecule has 1 aromatic heterocycles. The highest BCUT2D eigenvalue weighted by Gasteiger charge is 2.17. The van der Waals surface area contributed by atoms with E-state index < -0.39 is 0 Å². The second-order valence-corrected chi connectivity index (χ2v) is 5.10. The van der Waals surface area contributed by atoms with Crippen LogP contribution >= 0.6 is 11.3 Å². The van der Waals surface area contributed by atoms with Crippen LogP contribution in [-0.2, 0) is 0 Å². The number of hydrogen-bond acceptors (Lipinski definition) is 5. The van der Waals surface area contributed by atoms with Crippen LogP contribution in [0.5, 0.6) is 5.75 Å². The molecular formula is C13H15N3O2S. The summed E-state index contributed by atoms with van der Waals surface area (Å²) in [6.07, 6.45) is 0. The summed E-state index contributed by atoms with van der Waals surface area (Å²) in [4.78, 5) is 16.8. The number of nitrogens with zero attached hydrogens (tertiary/aromatic N) is 1. The lowest BCUT2D eigenvalue weighted by molar-refractivity contribution is 0.102. The summed E-state index contributed by atoms with van der Waals surface area (Å²) in [6, 6.07) is 5.59. The Morgan fingerprint density at radius 3 is 2.74 bits per heavy atom. The number of rotatable bonds is 3. The van der Waals surface area contributed by atoms with Crippen LogP contribution in [0.1, 0.15) is 20.9 Å². The number of para-hydroxylation sites is 1. The number of benzene rings is 1. The third-order valence-corrected chi connectivity index (χ3v) is 3.70. The standard InChI is InChI=1S/C13H15N3O2S/c1-7-5-4-6-9(18-3)10(7)16-12(17)11-8(2)15-13(14)19-11/h4-6H,1-3H3,(H2,14,15)(H,16,17). The van der Waals surface area contributed by atoms with Crippen LogP contribution in [0.3, 0.4) is 0 Å². The number of nitrogen functional groups attached to an aromatic ring is 1. The van der Waals surface area contributed by atoms with E-state index in [1.807, 2.05) is 19.1 Å². The molecule has 0 radical (unpaired) electrons. The van der Waals surface area contributed by atoms with Gasteiger partial charge in [0.15, 0.2) is 5.13 Å². The maximum absolute atomic E-state index is 12.2. The van der Waals surface area contributed by atoms with Crippen LogP contribution in [0.4, 0.5) is 10.8 Å². The van der Waals surface area contributed by atoms with Gasteiger partial charge in [0.25, 0.3) is 5.91 Å². The third kappa shape index (κ3) is 2.68. The molecule has 0 aliphatic carbocycles. The Balaban J connectivity index is 2.31. The molecule has 1 amide bonds. The summed E-state index contributed by atoms with van der Waals surface area (Å²) in [5.41, 5.74) is 7.83. The zero-order chi connectivity index (χ0) is 14.0. The number of hydrogen-bond donors (Lipinski definition) is 2. The molecule has 6 heteroatoms. The van der Waals surface area contributed by atoms with Gasteiger partial charge in [-0.1, -0.05) is 23.5 Å². The fraction of sp³-hybridized carbons (Fsp3) is 0.231. The van der Waals surface area contributed by atoms with Crippen molar-refractivity contribution in [3.05, 3.63) is 34.3 Å². The fourth-order valence-corrected chi connectivity index (χ4v) is 2.50. The minimum absolute atomic E-state index is 0.223. The molecule has 0 saturated heterocycles. The molecular weight excluding hydrogens is 262 g/mol. The summed E-state index contributed by atoms with van der Waals surface area (Å²) in [5, 5.41) is 3.24. The van der Waals surface area contributed by atoms with Gasteiger partial charge < -0.3 is 15.8 Å². The number of anilines is 2. The molecule has 0 spiro atoms. The molecule has 0 aliphatic rings. The Bertz CT molecular complexity index is 622. The van der Waals surface area contributed by atoms with Gasteiger partial charge >= 0.3 is 0 Å². The monoisotopic (exact) mass is 277 g/mol. The van der Waals surface area contributed by atoms with Gasteiger partial charge in [-0.05, 0) is 25.5 Å². The van der Waals surface area contributed by atoms with E-state index in [-0.39, 0.29) is 5.91 Å². The molecule has 3 N–H and O–H groups in total. The predicted molar refractivity (Wildman–Crippen MR) is 76.9 cm³/mol. The molecule has 1 aromatic carbocycles. The average Bonchev–Trinajstić information content (AvgIpc) is 2.71. The lowest BCUT2D eigenvalue weighted by Crippen LogP contribution is -2.13. The van der Waals surface area contributed by atoms with Crippen LogP contribution in [0.15, 0.2) is 18.2 Å². The first kappa shape index (κ1) is 13.4. The van der Waals surface area contributed by atoms with Crippen molar-refractivity contribution in [1.29, 1.82) is 0 Å². The lowest BCUT2D eigenvalue weighted by Gasteiger charge is -2.12. The summed E-state index contributed by atoms with van der Waals surface area (Å²) in [5.74, 6) is 0.405. The minimum atomic E-state index is -0.223. The zero-order valence-corrected chi connectivity index (χ0v) is 11.8. The molecule has 2 rings (SSSR count). The molecule has 100 valence electrons. The van der Waals surface area contributed by atoms with Crippen LogP contribution in [0.25, 0.3) is 0 Å². The maximum atomic E-state index is 12.2. The van der Waals surface area contributed by atoms with Gasteiger partial charge in [-0.3, -0.25) is 4.79 Å². The van der Waals surface area contributed by atoms with Gasteiger partial charge in [0.2, 0.25) is 0 Å². The Labute approximate surface area is 115 Å². The SMILES string of the molecule is COc1cccc(C)c1NC(=O)c1sc(N)nc1C. The second kappa shape index (κ2) is 5.27. The third-order valence-electron chi connectivity index (χ3n) is 2.71. The van der Waals surface area contributed by atoms with Gasteiger partial charge in [0, 0.05) is 0 Å². The highest BCUT2D eigenvalue weighted by Crippen LogP contribution is 2.29. The van der Waals surface area contributed by atoms with E-state index in [2.05, 4.69) is 10.3 Å². The van der Waals surface area contributed by atoms with Gasteiger partial charge in [-0.2, -0.15) is 0 Å². The van der Waals surface area contributed by atoms with Gasteiger partial charge in [-0.25, -0.2) is 4.98 Å². The van der Waals surface area contributed by atoms with Crippen molar-refractivity contribution in [2.75, 3.05) is 18.2 Å². The number of carbonyl (C=O) groups is 1. The van der Waals surface area contributed by atoms with Crippen molar-refractivity contribution >= 4 is 28.1 Å². The normalized spacial score (nSPS) is 10.3. The van der Waals surface area contributed by atoms with E-state index >= 15 is 0 Å². The first-order chi connectivity index (χ1) is 9.02. The molecule has 0 fully saturated rings. The maximum Gasteiger partial charge on any atom is 0.267 e. The molecule has 2 aromatic rings. The van der Waals surface area contributed by atoms with E-state index in [1.54, 1.807) is 20.1 Å². The number of nitrogens with one attached hydrogen (secondary N) is 1. The Hall–Kier alpha value is -2.08. The van der Waals surface area contributed by atoms with E-state index in [9.17, 15) is 4.79 Å². The van der Waals surface area contributed by atoms with Crippen molar-refractivity contribution in [2.45, 2.75) is 13.8 Å². The first-order valence-electron chi connectivity index (χ1n) is 5.70. The number of carbonyl (C=O) groups excluding carboxylic acids is 1. The number of amides is 1. The van der Waals surface area contributed by atoms with E-state index in [4.69, 9.17) is 10.5 Å². The number of methoxy groups -OCH3 is 1. The van der Waals surface area contributed by atoms with Crippen molar-refractivity contribution in [3.8, 4) is 5.75 Å². The molecule has 0 bridgehead atoms. The minimum Gasteiger partial charge on any atom is -0.495 e. The molecule has 0 saturated carbocycles. The van der Waals surface area contributed by atoms with Crippen molar-refractivity contribution < 1.29 is 9.53 Å². The highest BCUT2D eigenvalue weighted by molar-refractivity contribution is 7.17. The Morgan fingerprint density at radius 1 is 1.42 bits per heavy atom. The van der Waals surface area contributed by atoms with E-state index in [0.717, 1.165) is 5.56 Å². The molecule has 5 nitrogen and oxygen atoms in total. The lowest BCUT2D eigenvalue weighted by atomic mass is 10.2. The second-order valence-electron chi connectivity index (χ2n) is 4.07. The number of aromatic nitrogens is 1. The molecule has 0 aliphatic heterocycles. The first-order valence-corrected chi connectivity index (χ1v) is 6.52. The number of thiazole rings is 1. The fourth-order valence-electron chi connectivity index (χ4n) is 1.77. The van der Waals surface area contributed by atoms with Crippen molar-refractivity contribution in [2.24, 2.45) is 0 Å². The van der Waals surface area contributed by atoms with E-state index in [1.165, 1.54) is 11.3 Å². The summed E-state index contributed by atoms with van der Waals surface area (Å²) >= 11 is 1.17. The van der Waals surface area contributed by atoms with Gasteiger partial charge in [0.1, 0.15) is 10.6 Å². The Morgan fingerprint density at radius 2 is 2.16 bits per heavy atom. The zero-order valence-electron chi connectivity index (χ0n) is 11.0. The van der Waals surface area contributed by atoms with Gasteiger partial charge in [0.05, 0.1) is 18.5 Å². The van der Waals surface area contributed by atoms with Gasteiger partial charge in [-0.15, -0.1) is 0 Å². The molecule has 0 atom stereocenters. The smallest absolute Gasteiger partial charge is 0.267 e. The summed E-state index contributed by atoms with van der Waals surface area (Å²) in [7, 11) is 1.57.